The molecule has 0 radical (unpaired) electrons. The average molecular weight is 463 g/mol. The van der Waals surface area contributed by atoms with Crippen molar-refractivity contribution in [1.29, 1.82) is 5.26 Å². The largest absolute Gasteiger partial charge is 0.340 e. The molecule has 1 atom stereocenters. The topological polar surface area (TPSA) is 70.1 Å². The van der Waals surface area contributed by atoms with Gasteiger partial charge in [-0.3, -0.25) is 9.36 Å². The highest BCUT2D eigenvalue weighted by atomic mass is 16.2. The number of rotatable bonds is 4. The fourth-order valence-corrected chi connectivity index (χ4v) is 5.30. The lowest BCUT2D eigenvalue weighted by Gasteiger charge is -2.20. The number of aromatic nitrogens is 3. The molecular formula is C28H26N6O. The number of hydrogen-bond donors (Lipinski definition) is 0. The molecule has 1 saturated heterocycles. The lowest BCUT2D eigenvalue weighted by atomic mass is 10.1. The van der Waals surface area contributed by atoms with Crippen molar-refractivity contribution in [2.45, 2.75) is 13.0 Å². The minimum atomic E-state index is 0.0510. The maximum absolute atomic E-state index is 13.1. The van der Waals surface area contributed by atoms with Crippen molar-refractivity contribution in [1.82, 2.24) is 19.0 Å². The minimum Gasteiger partial charge on any atom is -0.340 e. The van der Waals surface area contributed by atoms with E-state index in [2.05, 4.69) is 55.5 Å². The molecule has 2 aliphatic rings. The van der Waals surface area contributed by atoms with Crippen LogP contribution in [0.4, 0.5) is 5.69 Å². The summed E-state index contributed by atoms with van der Waals surface area (Å²) in [6.45, 7) is 2.22. The molecule has 0 N–H and O–H groups in total. The molecule has 0 bridgehead atoms. The SMILES string of the molecule is CN(C)CC1CCN(c2ccc3c(c2)Cn2cc(-c4ccc(C#N)cc4)cc2-c2nccn2-3)C1=O. The van der Waals surface area contributed by atoms with Crippen molar-refractivity contribution in [2.24, 2.45) is 5.92 Å². The van der Waals surface area contributed by atoms with Crippen molar-refractivity contribution in [3.8, 4) is 34.4 Å². The van der Waals surface area contributed by atoms with E-state index in [-0.39, 0.29) is 11.8 Å². The lowest BCUT2D eigenvalue weighted by Crippen LogP contribution is -2.31. The highest BCUT2D eigenvalue weighted by molar-refractivity contribution is 5.97. The van der Waals surface area contributed by atoms with Gasteiger partial charge < -0.3 is 14.4 Å². The molecule has 2 aliphatic heterocycles. The van der Waals surface area contributed by atoms with Gasteiger partial charge in [0.2, 0.25) is 5.91 Å². The van der Waals surface area contributed by atoms with E-state index in [0.29, 0.717) is 12.1 Å². The van der Waals surface area contributed by atoms with Gasteiger partial charge >= 0.3 is 0 Å². The average Bonchev–Trinajstić information content (AvgIpc) is 3.57. The first-order valence-corrected chi connectivity index (χ1v) is 11.9. The molecule has 4 aromatic rings. The number of nitrogens with zero attached hydrogens (tertiary/aromatic N) is 6. The van der Waals surface area contributed by atoms with Gasteiger partial charge in [0.15, 0.2) is 5.82 Å². The minimum absolute atomic E-state index is 0.0510. The van der Waals surface area contributed by atoms with Gasteiger partial charge in [-0.1, -0.05) is 12.1 Å². The number of carbonyl (C=O) groups excluding carboxylic acids is 1. The molecule has 7 nitrogen and oxygen atoms in total. The van der Waals surface area contributed by atoms with Crippen LogP contribution in [0.2, 0.25) is 0 Å². The Morgan fingerprint density at radius 2 is 1.94 bits per heavy atom. The highest BCUT2D eigenvalue weighted by Crippen LogP contribution is 2.36. The van der Waals surface area contributed by atoms with Crippen LogP contribution in [0.25, 0.3) is 28.3 Å². The zero-order chi connectivity index (χ0) is 24.1. The number of nitriles is 1. The summed E-state index contributed by atoms with van der Waals surface area (Å²) < 4.78 is 4.35. The zero-order valence-corrected chi connectivity index (χ0v) is 19.8. The standard InChI is InChI=1S/C28H26N6O/c1-31(2)16-21-9-11-33(28(21)35)24-7-8-25-23(13-24)18-32-17-22(20-5-3-19(15-29)4-6-20)14-26(32)27-30-10-12-34(25)27/h3-8,10,12-14,17,21H,9,11,16,18H2,1-2H3. The third-order valence-electron chi connectivity index (χ3n) is 6.99. The summed E-state index contributed by atoms with van der Waals surface area (Å²) in [5.74, 6) is 1.15. The van der Waals surface area contributed by atoms with Crippen LogP contribution in [0.1, 0.15) is 17.5 Å². The van der Waals surface area contributed by atoms with Gasteiger partial charge in [0.25, 0.3) is 0 Å². The van der Waals surface area contributed by atoms with Crippen LogP contribution in [0.5, 0.6) is 0 Å². The first-order chi connectivity index (χ1) is 17.0. The Labute approximate surface area is 204 Å². The van der Waals surface area contributed by atoms with E-state index in [1.165, 1.54) is 0 Å². The van der Waals surface area contributed by atoms with Crippen molar-refractivity contribution in [2.75, 3.05) is 32.1 Å². The smallest absolute Gasteiger partial charge is 0.231 e. The summed E-state index contributed by atoms with van der Waals surface area (Å²) in [6, 6.07) is 18.3. The monoisotopic (exact) mass is 462 g/mol. The summed E-state index contributed by atoms with van der Waals surface area (Å²) >= 11 is 0. The molecule has 0 aliphatic carbocycles. The Morgan fingerprint density at radius 1 is 1.11 bits per heavy atom. The van der Waals surface area contributed by atoms with Crippen LogP contribution in [-0.2, 0) is 11.3 Å². The fraction of sp³-hybridized carbons (Fsp3) is 0.250. The number of hydrogen-bond acceptors (Lipinski definition) is 4. The van der Waals surface area contributed by atoms with Gasteiger partial charge in [0.1, 0.15) is 0 Å². The molecule has 2 aromatic heterocycles. The van der Waals surface area contributed by atoms with E-state index in [0.717, 1.165) is 59.1 Å². The Morgan fingerprint density at radius 3 is 2.71 bits per heavy atom. The molecule has 1 amide bonds. The lowest BCUT2D eigenvalue weighted by molar-refractivity contribution is -0.120. The number of amides is 1. The van der Waals surface area contributed by atoms with Gasteiger partial charge in [0.05, 0.1) is 28.9 Å². The molecule has 1 unspecified atom stereocenters. The number of carbonyl (C=O) groups is 1. The molecule has 35 heavy (non-hydrogen) atoms. The van der Waals surface area contributed by atoms with E-state index >= 15 is 0 Å². The molecule has 0 saturated carbocycles. The first-order valence-electron chi connectivity index (χ1n) is 11.9. The van der Waals surface area contributed by atoms with Gasteiger partial charge in [-0.05, 0) is 68.0 Å². The predicted molar refractivity (Wildman–Crippen MR) is 135 cm³/mol. The quantitative estimate of drug-likeness (QED) is 0.402. The summed E-state index contributed by atoms with van der Waals surface area (Å²) in [6.07, 6.45) is 6.85. The van der Waals surface area contributed by atoms with Gasteiger partial charge in [-0.15, -0.1) is 0 Å². The molecule has 174 valence electrons. The van der Waals surface area contributed by atoms with E-state index in [1.807, 2.05) is 55.7 Å². The van der Waals surface area contributed by atoms with Crippen LogP contribution in [0, 0.1) is 17.2 Å². The van der Waals surface area contributed by atoms with Crippen molar-refractivity contribution in [3.63, 3.8) is 0 Å². The molecule has 6 rings (SSSR count). The number of benzene rings is 2. The van der Waals surface area contributed by atoms with Gasteiger partial charge in [-0.25, -0.2) is 4.98 Å². The number of anilines is 1. The Balaban J connectivity index is 1.38. The molecule has 4 heterocycles. The molecular weight excluding hydrogens is 436 g/mol. The maximum atomic E-state index is 13.1. The number of fused-ring (bicyclic) bond motifs is 5. The third-order valence-corrected chi connectivity index (χ3v) is 6.99. The Hall–Kier alpha value is -4.15. The second-order valence-corrected chi connectivity index (χ2v) is 9.60. The van der Waals surface area contributed by atoms with E-state index in [4.69, 9.17) is 5.26 Å². The van der Waals surface area contributed by atoms with E-state index in [1.54, 1.807) is 0 Å². The second kappa shape index (κ2) is 8.26. The first kappa shape index (κ1) is 21.4. The summed E-state index contributed by atoms with van der Waals surface area (Å²) in [4.78, 5) is 21.8. The summed E-state index contributed by atoms with van der Waals surface area (Å²) in [5.41, 5.74) is 7.02. The van der Waals surface area contributed by atoms with Crippen LogP contribution in [0.3, 0.4) is 0 Å². The Kier molecular flexibility index (Phi) is 5.05. The normalized spacial score (nSPS) is 16.6. The van der Waals surface area contributed by atoms with Crippen LogP contribution in [-0.4, -0.2) is 52.1 Å². The van der Waals surface area contributed by atoms with Crippen LogP contribution < -0.4 is 4.90 Å². The number of imidazole rings is 1. The van der Waals surface area contributed by atoms with Crippen LogP contribution in [0.15, 0.2) is 67.1 Å². The van der Waals surface area contributed by atoms with Gasteiger partial charge in [-0.2, -0.15) is 5.26 Å². The maximum Gasteiger partial charge on any atom is 0.231 e. The Bertz CT molecular complexity index is 1470. The second-order valence-electron chi connectivity index (χ2n) is 9.60. The van der Waals surface area contributed by atoms with E-state index < -0.39 is 0 Å². The molecule has 1 fully saturated rings. The van der Waals surface area contributed by atoms with E-state index in [9.17, 15) is 4.79 Å². The zero-order valence-electron chi connectivity index (χ0n) is 19.8. The third kappa shape index (κ3) is 3.63. The van der Waals surface area contributed by atoms with Crippen molar-refractivity contribution in [3.05, 3.63) is 78.2 Å². The van der Waals surface area contributed by atoms with Gasteiger partial charge in [0, 0.05) is 49.5 Å². The van der Waals surface area contributed by atoms with Crippen LogP contribution >= 0.6 is 0 Å². The van der Waals surface area contributed by atoms with Crippen molar-refractivity contribution >= 4 is 11.6 Å². The molecule has 2 aromatic carbocycles. The van der Waals surface area contributed by atoms with Crippen molar-refractivity contribution < 1.29 is 4.79 Å². The fourth-order valence-electron chi connectivity index (χ4n) is 5.30. The molecule has 0 spiro atoms. The highest BCUT2D eigenvalue weighted by Gasteiger charge is 2.33. The summed E-state index contributed by atoms with van der Waals surface area (Å²) in [7, 11) is 4.03. The summed E-state index contributed by atoms with van der Waals surface area (Å²) in [5, 5.41) is 9.12. The molecule has 7 heteroatoms. The predicted octanol–water partition coefficient (Wildman–Crippen LogP) is 4.16.